The van der Waals surface area contributed by atoms with Crippen molar-refractivity contribution in [3.8, 4) is 0 Å². The molecule has 3 aromatic rings. The third-order valence-electron chi connectivity index (χ3n) is 4.58. The molecule has 150 valence electrons. The van der Waals surface area contributed by atoms with Gasteiger partial charge in [-0.05, 0) is 48.7 Å². The number of rotatable bonds is 7. The minimum absolute atomic E-state index is 0.150. The summed E-state index contributed by atoms with van der Waals surface area (Å²) in [6.45, 7) is 3.77. The molecular formula is C23H24N2O3S. The fourth-order valence-electron chi connectivity index (χ4n) is 2.99. The molecule has 0 radical (unpaired) electrons. The van der Waals surface area contributed by atoms with Gasteiger partial charge in [0.1, 0.15) is 6.54 Å². The second kappa shape index (κ2) is 8.92. The fraction of sp³-hybridized carbons (Fsp3) is 0.174. The smallest absolute Gasteiger partial charge is 0.264 e. The molecule has 0 saturated carbocycles. The van der Waals surface area contributed by atoms with E-state index in [2.05, 4.69) is 5.32 Å². The van der Waals surface area contributed by atoms with E-state index in [1.807, 2.05) is 56.3 Å². The maximum Gasteiger partial charge on any atom is 0.264 e. The van der Waals surface area contributed by atoms with E-state index >= 15 is 0 Å². The lowest BCUT2D eigenvalue weighted by Crippen LogP contribution is -2.41. The number of nitrogens with one attached hydrogen (secondary N) is 1. The number of anilines is 1. The molecular weight excluding hydrogens is 384 g/mol. The van der Waals surface area contributed by atoms with Crippen LogP contribution < -0.4 is 9.62 Å². The van der Waals surface area contributed by atoms with Crippen molar-refractivity contribution in [2.24, 2.45) is 0 Å². The zero-order valence-electron chi connectivity index (χ0n) is 16.5. The van der Waals surface area contributed by atoms with Gasteiger partial charge in [0.15, 0.2) is 0 Å². The number of sulfonamides is 1. The molecule has 0 aromatic heterocycles. The van der Waals surface area contributed by atoms with Gasteiger partial charge in [-0.15, -0.1) is 0 Å². The summed E-state index contributed by atoms with van der Waals surface area (Å²) in [4.78, 5) is 12.8. The molecule has 0 heterocycles. The fourth-order valence-corrected chi connectivity index (χ4v) is 4.49. The van der Waals surface area contributed by atoms with Gasteiger partial charge < -0.3 is 5.32 Å². The van der Waals surface area contributed by atoms with Crippen LogP contribution in [0, 0.1) is 13.8 Å². The van der Waals surface area contributed by atoms with Crippen LogP contribution in [0.1, 0.15) is 16.7 Å². The Morgan fingerprint density at radius 1 is 0.897 bits per heavy atom. The Morgan fingerprint density at radius 3 is 2.17 bits per heavy atom. The summed E-state index contributed by atoms with van der Waals surface area (Å²) in [5, 5.41) is 2.81. The van der Waals surface area contributed by atoms with Gasteiger partial charge >= 0.3 is 0 Å². The number of carbonyl (C=O) groups excluding carboxylic acids is 1. The summed E-state index contributed by atoms with van der Waals surface area (Å²) in [6, 6.07) is 23.2. The first-order valence-electron chi connectivity index (χ1n) is 9.33. The van der Waals surface area contributed by atoms with E-state index in [1.165, 1.54) is 16.4 Å². The zero-order valence-corrected chi connectivity index (χ0v) is 17.3. The van der Waals surface area contributed by atoms with Crippen LogP contribution in [0.4, 0.5) is 5.69 Å². The number of nitrogens with zero attached hydrogens (tertiary/aromatic N) is 1. The normalized spacial score (nSPS) is 11.1. The lowest BCUT2D eigenvalue weighted by molar-refractivity contribution is -0.119. The quantitative estimate of drug-likeness (QED) is 0.646. The number of benzene rings is 3. The summed E-state index contributed by atoms with van der Waals surface area (Å²) in [5.41, 5.74) is 3.16. The largest absolute Gasteiger partial charge is 0.350 e. The Balaban J connectivity index is 1.91. The minimum Gasteiger partial charge on any atom is -0.350 e. The van der Waals surface area contributed by atoms with Crippen LogP contribution in [0.3, 0.4) is 0 Å². The van der Waals surface area contributed by atoms with Crippen LogP contribution in [0.2, 0.25) is 0 Å². The SMILES string of the molecule is Cc1ccc(C)c(N(CC(=O)NCc2ccccc2)S(=O)(=O)c2ccccc2)c1. The standard InChI is InChI=1S/C23H24N2O3S/c1-18-13-14-19(2)22(15-18)25(29(27,28)21-11-7-4-8-12-21)17-23(26)24-16-20-9-5-3-6-10-20/h3-15H,16-17H2,1-2H3,(H,24,26). The zero-order chi connectivity index (χ0) is 20.9. The Bertz CT molecular complexity index is 1080. The topological polar surface area (TPSA) is 66.5 Å². The first kappa shape index (κ1) is 20.6. The predicted molar refractivity (Wildman–Crippen MR) is 115 cm³/mol. The van der Waals surface area contributed by atoms with E-state index < -0.39 is 10.0 Å². The molecule has 0 atom stereocenters. The number of hydrogen-bond donors (Lipinski definition) is 1. The molecule has 3 aromatic carbocycles. The van der Waals surface area contributed by atoms with Gasteiger partial charge in [0.05, 0.1) is 10.6 Å². The molecule has 29 heavy (non-hydrogen) atoms. The summed E-state index contributed by atoms with van der Waals surface area (Å²) < 4.78 is 27.9. The van der Waals surface area contributed by atoms with Gasteiger partial charge in [0, 0.05) is 6.54 Å². The first-order valence-corrected chi connectivity index (χ1v) is 10.8. The van der Waals surface area contributed by atoms with Crippen molar-refractivity contribution in [3.63, 3.8) is 0 Å². The Hall–Kier alpha value is -3.12. The molecule has 0 fully saturated rings. The van der Waals surface area contributed by atoms with E-state index in [9.17, 15) is 13.2 Å². The average Bonchev–Trinajstić information content (AvgIpc) is 2.73. The molecule has 0 aliphatic carbocycles. The van der Waals surface area contributed by atoms with Crippen LogP contribution in [0.15, 0.2) is 83.8 Å². The lowest BCUT2D eigenvalue weighted by Gasteiger charge is -2.26. The molecule has 0 unspecified atom stereocenters. The molecule has 1 N–H and O–H groups in total. The number of hydrogen-bond acceptors (Lipinski definition) is 3. The highest BCUT2D eigenvalue weighted by atomic mass is 32.2. The third kappa shape index (κ3) is 5.03. The number of amides is 1. The van der Waals surface area contributed by atoms with Gasteiger partial charge in [-0.3, -0.25) is 9.10 Å². The molecule has 0 aliphatic rings. The van der Waals surface area contributed by atoms with Crippen LogP contribution in [-0.2, 0) is 21.4 Å². The van der Waals surface area contributed by atoms with Gasteiger partial charge in [0.2, 0.25) is 5.91 Å². The Kier molecular flexibility index (Phi) is 6.34. The van der Waals surface area contributed by atoms with Crippen molar-refractivity contribution in [1.82, 2.24) is 5.32 Å². The summed E-state index contributed by atoms with van der Waals surface area (Å²) in [6.07, 6.45) is 0. The molecule has 0 spiro atoms. The first-order chi connectivity index (χ1) is 13.9. The third-order valence-corrected chi connectivity index (χ3v) is 6.36. The predicted octanol–water partition coefficient (Wildman–Crippen LogP) is 3.82. The average molecular weight is 409 g/mol. The minimum atomic E-state index is -3.90. The van der Waals surface area contributed by atoms with Crippen molar-refractivity contribution in [2.75, 3.05) is 10.8 Å². The van der Waals surface area contributed by atoms with Gasteiger partial charge in [-0.25, -0.2) is 8.42 Å². The van der Waals surface area contributed by atoms with E-state index in [0.717, 1.165) is 16.7 Å². The maximum atomic E-state index is 13.4. The second-order valence-corrected chi connectivity index (χ2v) is 8.74. The van der Waals surface area contributed by atoms with E-state index in [0.29, 0.717) is 12.2 Å². The van der Waals surface area contributed by atoms with Crippen molar-refractivity contribution in [3.05, 3.63) is 95.6 Å². The highest BCUT2D eigenvalue weighted by molar-refractivity contribution is 7.92. The molecule has 0 saturated heterocycles. The molecule has 0 aliphatic heterocycles. The number of aryl methyl sites for hydroxylation is 2. The van der Waals surface area contributed by atoms with Crippen molar-refractivity contribution in [1.29, 1.82) is 0 Å². The molecule has 5 nitrogen and oxygen atoms in total. The molecule has 0 bridgehead atoms. The van der Waals surface area contributed by atoms with Crippen LogP contribution in [0.5, 0.6) is 0 Å². The Morgan fingerprint density at radius 2 is 1.52 bits per heavy atom. The van der Waals surface area contributed by atoms with E-state index in [4.69, 9.17) is 0 Å². The number of carbonyl (C=O) groups is 1. The van der Waals surface area contributed by atoms with Crippen molar-refractivity contribution < 1.29 is 13.2 Å². The maximum absolute atomic E-state index is 13.4. The lowest BCUT2D eigenvalue weighted by atomic mass is 10.1. The monoisotopic (exact) mass is 408 g/mol. The van der Waals surface area contributed by atoms with Gasteiger partial charge in [-0.2, -0.15) is 0 Å². The van der Waals surface area contributed by atoms with Crippen LogP contribution in [0.25, 0.3) is 0 Å². The van der Waals surface area contributed by atoms with Crippen molar-refractivity contribution >= 4 is 21.6 Å². The van der Waals surface area contributed by atoms with E-state index in [1.54, 1.807) is 24.3 Å². The summed E-state index contributed by atoms with van der Waals surface area (Å²) >= 11 is 0. The summed E-state index contributed by atoms with van der Waals surface area (Å²) in [7, 11) is -3.90. The van der Waals surface area contributed by atoms with Crippen molar-refractivity contribution in [2.45, 2.75) is 25.3 Å². The highest BCUT2D eigenvalue weighted by Crippen LogP contribution is 2.27. The molecule has 1 amide bonds. The summed E-state index contributed by atoms with van der Waals surface area (Å²) in [5.74, 6) is -0.366. The second-order valence-electron chi connectivity index (χ2n) is 6.88. The van der Waals surface area contributed by atoms with E-state index in [-0.39, 0.29) is 17.3 Å². The Labute approximate surface area is 172 Å². The van der Waals surface area contributed by atoms with Crippen LogP contribution >= 0.6 is 0 Å². The molecule has 3 rings (SSSR count). The van der Waals surface area contributed by atoms with Gasteiger partial charge in [0.25, 0.3) is 10.0 Å². The van der Waals surface area contributed by atoms with Gasteiger partial charge in [-0.1, -0.05) is 60.7 Å². The van der Waals surface area contributed by atoms with Crippen LogP contribution in [-0.4, -0.2) is 20.9 Å². The molecule has 6 heteroatoms. The highest BCUT2D eigenvalue weighted by Gasteiger charge is 2.28.